The molecule has 0 aliphatic heterocycles. The fourth-order valence-corrected chi connectivity index (χ4v) is 2.45. The summed E-state index contributed by atoms with van der Waals surface area (Å²) >= 11 is 0. The van der Waals surface area contributed by atoms with E-state index in [-0.39, 0.29) is 24.3 Å². The molecule has 0 fully saturated rings. The number of carbonyl (C=O) groups excluding carboxylic acids is 1. The zero-order valence-electron chi connectivity index (χ0n) is 14.2. The van der Waals surface area contributed by atoms with Gasteiger partial charge in [-0.25, -0.2) is 0 Å². The highest BCUT2D eigenvalue weighted by Gasteiger charge is 2.19. The van der Waals surface area contributed by atoms with Crippen molar-refractivity contribution >= 4 is 11.7 Å². The van der Waals surface area contributed by atoms with Crippen molar-refractivity contribution in [1.82, 2.24) is 10.3 Å². The molecule has 0 bridgehead atoms. The first-order valence-corrected chi connectivity index (χ1v) is 8.04. The van der Waals surface area contributed by atoms with Crippen molar-refractivity contribution in [3.8, 4) is 5.75 Å². The van der Waals surface area contributed by atoms with Crippen LogP contribution in [0.3, 0.4) is 0 Å². The Kier molecular flexibility index (Phi) is 6.45. The van der Waals surface area contributed by atoms with Crippen LogP contribution in [0, 0.1) is 16.0 Å². The van der Waals surface area contributed by atoms with Gasteiger partial charge < -0.3 is 20.2 Å². The van der Waals surface area contributed by atoms with Gasteiger partial charge in [-0.1, -0.05) is 44.2 Å². The number of amides is 1. The first-order valence-electron chi connectivity index (χ1n) is 8.04. The monoisotopic (exact) mass is 343 g/mol. The Bertz CT molecular complexity index is 719. The summed E-state index contributed by atoms with van der Waals surface area (Å²) in [6, 6.07) is 12.5. The molecule has 2 aromatic rings. The molecule has 1 aromatic heterocycles. The lowest BCUT2D eigenvalue weighted by molar-refractivity contribution is -0.390. The maximum absolute atomic E-state index is 12.2. The molecule has 0 saturated carbocycles. The van der Waals surface area contributed by atoms with E-state index in [0.29, 0.717) is 5.92 Å². The molecule has 2 rings (SSSR count). The first-order chi connectivity index (χ1) is 12.0. The lowest BCUT2D eigenvalue weighted by Gasteiger charge is -2.21. The third-order valence-electron chi connectivity index (χ3n) is 3.53. The molecule has 25 heavy (non-hydrogen) atoms. The molecule has 1 unspecified atom stereocenters. The van der Waals surface area contributed by atoms with Gasteiger partial charge in [-0.15, -0.1) is 0 Å². The minimum atomic E-state index is -0.640. The van der Waals surface area contributed by atoms with E-state index < -0.39 is 10.7 Å². The lowest BCUT2D eigenvalue weighted by Crippen LogP contribution is -2.33. The quantitative estimate of drug-likeness (QED) is 0.586. The van der Waals surface area contributed by atoms with E-state index in [0.717, 1.165) is 12.0 Å². The van der Waals surface area contributed by atoms with E-state index in [1.807, 2.05) is 30.3 Å². The van der Waals surface area contributed by atoms with Crippen molar-refractivity contribution in [3.63, 3.8) is 0 Å². The fraction of sp³-hybridized carbons (Fsp3) is 0.333. The molecule has 0 aliphatic carbocycles. The molecule has 1 aromatic carbocycles. The van der Waals surface area contributed by atoms with E-state index >= 15 is 0 Å². The number of nitro groups is 1. The second kappa shape index (κ2) is 8.77. The second-order valence-electron chi connectivity index (χ2n) is 6.03. The summed E-state index contributed by atoms with van der Waals surface area (Å²) in [5.41, 5.74) is 1.01. The van der Waals surface area contributed by atoms with E-state index in [1.54, 1.807) is 0 Å². The Hall–Kier alpha value is -2.96. The highest BCUT2D eigenvalue weighted by Crippen LogP contribution is 2.23. The number of carbonyl (C=O) groups is 1. The molecule has 1 heterocycles. The second-order valence-corrected chi connectivity index (χ2v) is 6.03. The summed E-state index contributed by atoms with van der Waals surface area (Å²) in [6.45, 7) is 3.85. The van der Waals surface area contributed by atoms with Crippen molar-refractivity contribution in [1.29, 1.82) is 0 Å². The summed E-state index contributed by atoms with van der Waals surface area (Å²) < 4.78 is 5.29. The third kappa shape index (κ3) is 5.56. The van der Waals surface area contributed by atoms with E-state index in [1.165, 1.54) is 18.3 Å². The molecule has 1 amide bonds. The van der Waals surface area contributed by atoms with E-state index in [2.05, 4.69) is 24.1 Å². The maximum Gasteiger partial charge on any atom is 0.406 e. The third-order valence-corrected chi connectivity index (χ3v) is 3.53. The van der Waals surface area contributed by atoms with Crippen LogP contribution in [-0.2, 0) is 4.79 Å². The minimum Gasteiger partial charge on any atom is -0.476 e. The number of rotatable bonds is 8. The van der Waals surface area contributed by atoms with Crippen molar-refractivity contribution < 1.29 is 14.5 Å². The summed E-state index contributed by atoms with van der Waals surface area (Å²) in [7, 11) is 0. The molecule has 0 radical (unpaired) electrons. The van der Waals surface area contributed by atoms with Crippen molar-refractivity contribution in [2.45, 2.75) is 26.3 Å². The normalized spacial score (nSPS) is 11.8. The largest absolute Gasteiger partial charge is 0.476 e. The molecule has 0 saturated heterocycles. The highest BCUT2D eigenvalue weighted by molar-refractivity contribution is 5.78. The predicted molar refractivity (Wildman–Crippen MR) is 93.2 cm³/mol. The maximum atomic E-state index is 12.2. The molecule has 0 aliphatic rings. The lowest BCUT2D eigenvalue weighted by atomic mass is 9.97. The molecule has 7 heteroatoms. The van der Waals surface area contributed by atoms with Gasteiger partial charge in [-0.3, -0.25) is 4.79 Å². The standard InChI is InChI=1S/C18H21N3O4/c1-13(2)11-15(14-7-4-3-5-8-14)20-17(22)12-25-16-9-6-10-19-18(16)21(23)24/h3-10,13,15H,11-12H2,1-2H3,(H,20,22). The summed E-state index contributed by atoms with van der Waals surface area (Å²) in [6.07, 6.45) is 2.09. The van der Waals surface area contributed by atoms with Gasteiger partial charge in [0.15, 0.2) is 6.61 Å². The van der Waals surface area contributed by atoms with Gasteiger partial charge >= 0.3 is 5.82 Å². The van der Waals surface area contributed by atoms with Gasteiger partial charge in [0, 0.05) is 0 Å². The topological polar surface area (TPSA) is 94.4 Å². The number of pyridine rings is 1. The molecule has 132 valence electrons. The van der Waals surface area contributed by atoms with E-state index in [4.69, 9.17) is 4.74 Å². The Morgan fingerprint density at radius 2 is 1.96 bits per heavy atom. The number of aromatic nitrogens is 1. The summed E-state index contributed by atoms with van der Waals surface area (Å²) in [4.78, 5) is 26.2. The molecule has 7 nitrogen and oxygen atoms in total. The van der Waals surface area contributed by atoms with Gasteiger partial charge in [0.2, 0.25) is 5.75 Å². The Morgan fingerprint density at radius 3 is 2.60 bits per heavy atom. The Morgan fingerprint density at radius 1 is 1.24 bits per heavy atom. The van der Waals surface area contributed by atoms with Crippen molar-refractivity contribution in [3.05, 3.63) is 64.3 Å². The number of nitrogens with zero attached hydrogens (tertiary/aromatic N) is 2. The molecule has 1 N–H and O–H groups in total. The minimum absolute atomic E-state index is 0.0252. The van der Waals surface area contributed by atoms with Crippen LogP contribution in [0.4, 0.5) is 5.82 Å². The van der Waals surface area contributed by atoms with Crippen LogP contribution >= 0.6 is 0 Å². The molecule has 0 spiro atoms. The van der Waals surface area contributed by atoms with Gasteiger partial charge in [-0.05, 0) is 39.9 Å². The number of nitrogens with one attached hydrogen (secondary N) is 1. The van der Waals surface area contributed by atoms with Crippen molar-refractivity contribution in [2.75, 3.05) is 6.61 Å². The average molecular weight is 343 g/mol. The number of benzene rings is 1. The fourth-order valence-electron chi connectivity index (χ4n) is 2.45. The van der Waals surface area contributed by atoms with Gasteiger partial charge in [0.1, 0.15) is 6.20 Å². The van der Waals surface area contributed by atoms with Crippen LogP contribution in [-0.4, -0.2) is 22.4 Å². The molecular formula is C18H21N3O4. The molecule has 1 atom stereocenters. The first kappa shape index (κ1) is 18.4. The highest BCUT2D eigenvalue weighted by atomic mass is 16.6. The van der Waals surface area contributed by atoms with Crippen LogP contribution in [0.25, 0.3) is 0 Å². The van der Waals surface area contributed by atoms with Gasteiger partial charge in [-0.2, -0.15) is 0 Å². The number of hydrogen-bond donors (Lipinski definition) is 1. The SMILES string of the molecule is CC(C)CC(NC(=O)COc1cccnc1[N+](=O)[O-])c1ccccc1. The zero-order valence-corrected chi connectivity index (χ0v) is 14.2. The molecular weight excluding hydrogens is 322 g/mol. The van der Waals surface area contributed by atoms with Gasteiger partial charge in [0.25, 0.3) is 5.91 Å². The van der Waals surface area contributed by atoms with E-state index in [9.17, 15) is 14.9 Å². The van der Waals surface area contributed by atoms with Gasteiger partial charge in [0.05, 0.1) is 6.04 Å². The van der Waals surface area contributed by atoms with Crippen LogP contribution in [0.15, 0.2) is 48.7 Å². The van der Waals surface area contributed by atoms with Crippen LogP contribution < -0.4 is 10.1 Å². The smallest absolute Gasteiger partial charge is 0.406 e. The van der Waals surface area contributed by atoms with Crippen LogP contribution in [0.5, 0.6) is 5.75 Å². The summed E-state index contributed by atoms with van der Waals surface area (Å²) in [5, 5.41) is 13.8. The van der Waals surface area contributed by atoms with Crippen LogP contribution in [0.1, 0.15) is 31.9 Å². The van der Waals surface area contributed by atoms with Crippen molar-refractivity contribution in [2.24, 2.45) is 5.92 Å². The zero-order chi connectivity index (χ0) is 18.2. The Balaban J connectivity index is 2.01. The van der Waals surface area contributed by atoms with Crippen LogP contribution in [0.2, 0.25) is 0 Å². The average Bonchev–Trinajstić information content (AvgIpc) is 2.60. The predicted octanol–water partition coefficient (Wildman–Crippen LogP) is 3.27. The summed E-state index contributed by atoms with van der Waals surface area (Å²) in [5.74, 6) is -0.377. The number of hydrogen-bond acceptors (Lipinski definition) is 5. The number of ether oxygens (including phenoxy) is 1. The Labute approximate surface area is 146 Å².